The van der Waals surface area contributed by atoms with Crippen LogP contribution in [0.4, 0.5) is 5.69 Å². The number of fused-ring (bicyclic) bond motifs is 1. The van der Waals surface area contributed by atoms with Crippen LogP contribution in [0.5, 0.6) is 0 Å². The predicted octanol–water partition coefficient (Wildman–Crippen LogP) is 1.44. The van der Waals surface area contributed by atoms with Gasteiger partial charge in [-0.2, -0.15) is 0 Å². The number of rotatable bonds is 1. The number of anilines is 1. The first-order valence-electron chi connectivity index (χ1n) is 5.74. The van der Waals surface area contributed by atoms with Gasteiger partial charge in [-0.1, -0.05) is 0 Å². The molecule has 0 aliphatic carbocycles. The second kappa shape index (κ2) is 4.19. The Labute approximate surface area is 119 Å². The van der Waals surface area contributed by atoms with Crippen LogP contribution >= 0.6 is 22.6 Å². The van der Waals surface area contributed by atoms with E-state index < -0.39 is 9.84 Å². The fraction of sp³-hybridized carbons (Fsp3) is 0.417. The zero-order valence-electron chi connectivity index (χ0n) is 9.54. The topological polar surface area (TPSA) is 54.5 Å². The molecule has 4 nitrogen and oxygen atoms in total. The maximum Gasteiger partial charge on any atom is 0.227 e. The van der Waals surface area contributed by atoms with Gasteiger partial charge in [-0.25, -0.2) is 8.42 Å². The van der Waals surface area contributed by atoms with Crippen LogP contribution in [-0.4, -0.2) is 31.9 Å². The summed E-state index contributed by atoms with van der Waals surface area (Å²) in [5, 5.41) is 0. The van der Waals surface area contributed by atoms with Crippen LogP contribution in [-0.2, 0) is 14.6 Å². The largest absolute Gasteiger partial charge is 0.308 e. The Kier molecular flexibility index (Phi) is 2.89. The van der Waals surface area contributed by atoms with Crippen molar-refractivity contribution in [2.75, 3.05) is 16.4 Å². The number of hydrogen-bond acceptors (Lipinski definition) is 3. The van der Waals surface area contributed by atoms with Crippen LogP contribution in [0, 0.1) is 9.49 Å². The van der Waals surface area contributed by atoms with Crippen molar-refractivity contribution < 1.29 is 13.2 Å². The Morgan fingerprint density at radius 1 is 1.17 bits per heavy atom. The molecular formula is C12H12INO3S. The maximum atomic E-state index is 12.0. The highest BCUT2D eigenvalue weighted by atomic mass is 127. The van der Waals surface area contributed by atoms with E-state index in [9.17, 15) is 13.2 Å². The van der Waals surface area contributed by atoms with Crippen LogP contribution in [0.2, 0.25) is 0 Å². The number of carbonyl (C=O) groups is 1. The Hall–Kier alpha value is -0.630. The van der Waals surface area contributed by atoms with E-state index in [1.807, 2.05) is 24.3 Å². The highest BCUT2D eigenvalue weighted by Gasteiger charge is 2.49. The van der Waals surface area contributed by atoms with Gasteiger partial charge in [-0.05, 0) is 46.9 Å². The van der Waals surface area contributed by atoms with Crippen molar-refractivity contribution >= 4 is 44.0 Å². The van der Waals surface area contributed by atoms with Crippen LogP contribution < -0.4 is 4.90 Å². The third kappa shape index (κ3) is 2.05. The average Bonchev–Trinajstić information content (AvgIpc) is 2.70. The normalized spacial score (nSPS) is 29.6. The lowest BCUT2D eigenvalue weighted by Crippen LogP contribution is -2.36. The fourth-order valence-corrected chi connectivity index (χ4v) is 5.26. The molecule has 0 N–H and O–H groups in total. The zero-order valence-corrected chi connectivity index (χ0v) is 12.5. The molecule has 18 heavy (non-hydrogen) atoms. The fourth-order valence-electron chi connectivity index (χ4n) is 2.83. The average molecular weight is 377 g/mol. The summed E-state index contributed by atoms with van der Waals surface area (Å²) in [7, 11) is -2.97. The lowest BCUT2D eigenvalue weighted by atomic mass is 10.1. The lowest BCUT2D eigenvalue weighted by Gasteiger charge is -2.23. The number of sulfone groups is 1. The highest BCUT2D eigenvalue weighted by Crippen LogP contribution is 2.37. The van der Waals surface area contributed by atoms with Crippen molar-refractivity contribution in [2.24, 2.45) is 5.92 Å². The summed E-state index contributed by atoms with van der Waals surface area (Å²) < 4.78 is 24.4. The molecule has 0 spiro atoms. The van der Waals surface area contributed by atoms with Gasteiger partial charge in [0.2, 0.25) is 5.91 Å². The predicted molar refractivity (Wildman–Crippen MR) is 77.2 cm³/mol. The Bertz CT molecular complexity index is 596. The van der Waals surface area contributed by atoms with Crippen LogP contribution in [0.3, 0.4) is 0 Å². The maximum absolute atomic E-state index is 12.0. The van der Waals surface area contributed by atoms with Gasteiger partial charge in [0.15, 0.2) is 9.84 Å². The molecule has 2 aliphatic rings. The van der Waals surface area contributed by atoms with Crippen molar-refractivity contribution in [1.29, 1.82) is 0 Å². The van der Waals surface area contributed by atoms with Gasteiger partial charge in [-0.3, -0.25) is 4.79 Å². The summed E-state index contributed by atoms with van der Waals surface area (Å²) in [4.78, 5) is 13.7. The second-order valence-corrected chi connectivity index (χ2v) is 8.25. The molecular weight excluding hydrogens is 365 g/mol. The molecule has 0 radical (unpaired) electrons. The third-order valence-corrected chi connectivity index (χ3v) is 6.08. The van der Waals surface area contributed by atoms with Gasteiger partial charge >= 0.3 is 0 Å². The van der Waals surface area contributed by atoms with Gasteiger partial charge in [0.1, 0.15) is 0 Å². The first-order valence-corrected chi connectivity index (χ1v) is 8.64. The SMILES string of the molecule is O=C1C[C@H]2CS(=O)(=O)C[C@@H]2N1c1ccc(I)cc1. The van der Waals surface area contributed by atoms with Crippen molar-refractivity contribution in [1.82, 2.24) is 0 Å². The molecule has 1 aromatic rings. The molecule has 6 heteroatoms. The summed E-state index contributed by atoms with van der Waals surface area (Å²) in [5.74, 6) is 0.280. The van der Waals surface area contributed by atoms with Gasteiger partial charge in [-0.15, -0.1) is 0 Å². The molecule has 3 rings (SSSR count). The molecule has 1 aromatic carbocycles. The smallest absolute Gasteiger partial charge is 0.227 e. The van der Waals surface area contributed by atoms with E-state index in [-0.39, 0.29) is 29.4 Å². The summed E-state index contributed by atoms with van der Waals surface area (Å²) >= 11 is 2.20. The minimum atomic E-state index is -2.97. The first-order chi connectivity index (χ1) is 8.46. The summed E-state index contributed by atoms with van der Waals surface area (Å²) in [6, 6.07) is 7.46. The van der Waals surface area contributed by atoms with Crippen LogP contribution in [0.25, 0.3) is 0 Å². The van der Waals surface area contributed by atoms with E-state index in [0.29, 0.717) is 6.42 Å². The number of halogens is 1. The van der Waals surface area contributed by atoms with Gasteiger partial charge in [0, 0.05) is 21.6 Å². The molecule has 0 unspecified atom stereocenters. The van der Waals surface area contributed by atoms with Gasteiger partial charge < -0.3 is 4.90 Å². The van der Waals surface area contributed by atoms with Crippen LogP contribution in [0.15, 0.2) is 24.3 Å². The molecule has 0 aromatic heterocycles. The highest BCUT2D eigenvalue weighted by molar-refractivity contribution is 14.1. The summed E-state index contributed by atoms with van der Waals surface area (Å²) in [6.45, 7) is 0. The summed E-state index contributed by atoms with van der Waals surface area (Å²) in [5.41, 5.74) is 0.810. The number of benzene rings is 1. The number of nitrogens with zero attached hydrogens (tertiary/aromatic N) is 1. The van der Waals surface area contributed by atoms with Gasteiger partial charge in [0.05, 0.1) is 17.5 Å². The minimum Gasteiger partial charge on any atom is -0.308 e. The molecule has 0 bridgehead atoms. The Balaban J connectivity index is 1.96. The van der Waals surface area contributed by atoms with E-state index in [0.717, 1.165) is 9.26 Å². The summed E-state index contributed by atoms with van der Waals surface area (Å²) in [6.07, 6.45) is 0.357. The first kappa shape index (κ1) is 12.4. The molecule has 0 saturated carbocycles. The van der Waals surface area contributed by atoms with E-state index in [4.69, 9.17) is 0 Å². The lowest BCUT2D eigenvalue weighted by molar-refractivity contribution is -0.117. The van der Waals surface area contributed by atoms with E-state index in [1.54, 1.807) is 4.90 Å². The zero-order chi connectivity index (χ0) is 12.9. The van der Waals surface area contributed by atoms with E-state index >= 15 is 0 Å². The van der Waals surface area contributed by atoms with Crippen molar-refractivity contribution in [3.05, 3.63) is 27.8 Å². The molecule has 2 fully saturated rings. The van der Waals surface area contributed by atoms with E-state index in [2.05, 4.69) is 22.6 Å². The van der Waals surface area contributed by atoms with Gasteiger partial charge in [0.25, 0.3) is 0 Å². The Morgan fingerprint density at radius 2 is 1.83 bits per heavy atom. The van der Waals surface area contributed by atoms with Crippen molar-refractivity contribution in [3.63, 3.8) is 0 Å². The number of hydrogen-bond donors (Lipinski definition) is 0. The van der Waals surface area contributed by atoms with Crippen molar-refractivity contribution in [3.8, 4) is 0 Å². The molecule has 96 valence electrons. The third-order valence-electron chi connectivity index (χ3n) is 3.58. The number of carbonyl (C=O) groups excluding carboxylic acids is 1. The van der Waals surface area contributed by atoms with E-state index in [1.165, 1.54) is 0 Å². The number of amides is 1. The minimum absolute atomic E-state index is 0.0261. The molecule has 1 amide bonds. The quantitative estimate of drug-likeness (QED) is 0.697. The molecule has 2 aliphatic heterocycles. The van der Waals surface area contributed by atoms with Crippen molar-refractivity contribution in [2.45, 2.75) is 12.5 Å². The molecule has 2 saturated heterocycles. The van der Waals surface area contributed by atoms with Crippen LogP contribution in [0.1, 0.15) is 6.42 Å². The standard InChI is InChI=1S/C12H12INO3S/c13-9-1-3-10(4-2-9)14-11-7-18(16,17)6-8(11)5-12(14)15/h1-4,8,11H,5-7H2/t8-,11-/m0/s1. The molecule has 2 heterocycles. The second-order valence-electron chi connectivity index (χ2n) is 4.85. The monoisotopic (exact) mass is 377 g/mol. The molecule has 2 atom stereocenters. The Morgan fingerprint density at radius 3 is 2.50 bits per heavy atom.